The Morgan fingerprint density at radius 1 is 1.00 bits per heavy atom. The van der Waals surface area contributed by atoms with Gasteiger partial charge in [-0.2, -0.15) is 26.3 Å². The molecule has 0 saturated heterocycles. The molecule has 0 aliphatic carbocycles. The zero-order valence-corrected chi connectivity index (χ0v) is 9.57. The van der Waals surface area contributed by atoms with Crippen molar-refractivity contribution in [1.82, 2.24) is 0 Å². The Labute approximate surface area is 107 Å². The third kappa shape index (κ3) is 3.95. The third-order valence-corrected chi connectivity index (χ3v) is 2.17. The van der Waals surface area contributed by atoms with Crippen LogP contribution in [0.15, 0.2) is 35.1 Å². The number of rotatable bonds is 2. The molecule has 2 nitrogen and oxygen atoms in total. The van der Waals surface area contributed by atoms with E-state index in [1.807, 2.05) is 0 Å². The quantitative estimate of drug-likeness (QED) is 0.650. The molecule has 1 aromatic rings. The first-order chi connectivity index (χ1) is 8.53. The van der Waals surface area contributed by atoms with Crippen LogP contribution < -0.4 is 4.74 Å². The molecular formula is C10H5ClF6O2. The van der Waals surface area contributed by atoms with Crippen LogP contribution in [0.25, 0.3) is 0 Å². The van der Waals surface area contributed by atoms with Crippen LogP contribution in [0.5, 0.6) is 11.5 Å². The highest BCUT2D eigenvalue weighted by atomic mass is 35.5. The first-order valence-corrected chi connectivity index (χ1v) is 4.91. The largest absolute Gasteiger partial charge is 0.504 e. The zero-order chi connectivity index (χ0) is 14.8. The Hall–Kier alpha value is -1.57. The highest BCUT2D eigenvalue weighted by Gasteiger charge is 2.47. The maximum atomic E-state index is 12.5. The van der Waals surface area contributed by atoms with Crippen molar-refractivity contribution in [2.45, 2.75) is 12.4 Å². The number of hydrogen-bond acceptors (Lipinski definition) is 2. The van der Waals surface area contributed by atoms with E-state index in [9.17, 15) is 31.4 Å². The van der Waals surface area contributed by atoms with Gasteiger partial charge < -0.3 is 9.84 Å². The molecule has 106 valence electrons. The predicted octanol–water partition coefficient (Wildman–Crippen LogP) is 4.35. The number of para-hydroxylation sites is 2. The van der Waals surface area contributed by atoms with Crippen molar-refractivity contribution < 1.29 is 36.2 Å². The van der Waals surface area contributed by atoms with Gasteiger partial charge >= 0.3 is 12.4 Å². The molecule has 0 bridgehead atoms. The summed E-state index contributed by atoms with van der Waals surface area (Å²) in [5, 5.41) is 6.72. The first-order valence-electron chi connectivity index (χ1n) is 4.53. The Morgan fingerprint density at radius 3 is 1.95 bits per heavy atom. The molecule has 0 unspecified atom stereocenters. The SMILES string of the molecule is Oc1ccccc1OC(=C(Cl)C(F)(F)F)C(F)(F)F. The van der Waals surface area contributed by atoms with Gasteiger partial charge in [-0.1, -0.05) is 23.7 Å². The van der Waals surface area contributed by atoms with E-state index >= 15 is 0 Å². The Kier molecular flexibility index (Phi) is 4.24. The van der Waals surface area contributed by atoms with Gasteiger partial charge in [-0.3, -0.25) is 0 Å². The fourth-order valence-electron chi connectivity index (χ4n) is 1.01. The van der Waals surface area contributed by atoms with Crippen LogP contribution in [0.3, 0.4) is 0 Å². The lowest BCUT2D eigenvalue weighted by Gasteiger charge is -2.17. The number of allylic oxidation sites excluding steroid dienone is 2. The molecule has 0 aromatic heterocycles. The number of alkyl halides is 6. The van der Waals surface area contributed by atoms with Crippen molar-refractivity contribution in [2.75, 3.05) is 0 Å². The second-order valence-electron chi connectivity index (χ2n) is 3.21. The summed E-state index contributed by atoms with van der Waals surface area (Å²) in [5.74, 6) is -3.99. The summed E-state index contributed by atoms with van der Waals surface area (Å²) in [6, 6.07) is 4.24. The van der Waals surface area contributed by atoms with Crippen LogP contribution in [0.2, 0.25) is 0 Å². The second kappa shape index (κ2) is 5.20. The molecule has 1 N–H and O–H groups in total. The summed E-state index contributed by atoms with van der Waals surface area (Å²) in [6.07, 6.45) is -10.9. The van der Waals surface area contributed by atoms with Crippen molar-refractivity contribution in [3.8, 4) is 11.5 Å². The molecule has 0 heterocycles. The lowest BCUT2D eigenvalue weighted by atomic mass is 10.3. The van der Waals surface area contributed by atoms with Crippen LogP contribution in [0.1, 0.15) is 0 Å². The Bertz CT molecular complexity index is 492. The highest BCUT2D eigenvalue weighted by Crippen LogP contribution is 2.40. The second-order valence-corrected chi connectivity index (χ2v) is 3.59. The van der Waals surface area contributed by atoms with Gasteiger partial charge in [0.25, 0.3) is 0 Å². The highest BCUT2D eigenvalue weighted by molar-refractivity contribution is 6.30. The molecule has 0 aliphatic rings. The number of ether oxygens (including phenoxy) is 1. The zero-order valence-electron chi connectivity index (χ0n) is 8.81. The summed E-state index contributed by atoms with van der Waals surface area (Å²) in [7, 11) is 0. The van der Waals surface area contributed by atoms with Gasteiger partial charge in [0.1, 0.15) is 0 Å². The average molecular weight is 307 g/mol. The van der Waals surface area contributed by atoms with E-state index in [-0.39, 0.29) is 0 Å². The molecule has 0 aliphatic heterocycles. The van der Waals surface area contributed by atoms with Crippen molar-refractivity contribution >= 4 is 11.6 Å². The fourth-order valence-corrected chi connectivity index (χ4v) is 1.15. The minimum atomic E-state index is -5.46. The first kappa shape index (κ1) is 15.5. The number of aromatic hydroxyl groups is 1. The smallest absolute Gasteiger partial charge is 0.451 e. The summed E-state index contributed by atoms with van der Waals surface area (Å²) >= 11 is 4.64. The number of phenolic OH excluding ortho intramolecular Hbond substituents is 1. The summed E-state index contributed by atoms with van der Waals surface area (Å²) in [6.45, 7) is 0. The summed E-state index contributed by atoms with van der Waals surface area (Å²) < 4.78 is 78.1. The van der Waals surface area contributed by atoms with Gasteiger partial charge in [0.2, 0.25) is 5.76 Å². The number of hydrogen-bond donors (Lipinski definition) is 1. The fraction of sp³-hybridized carbons (Fsp3) is 0.200. The summed E-state index contributed by atoms with van der Waals surface area (Å²) in [5.41, 5.74) is 0. The lowest BCUT2D eigenvalue weighted by molar-refractivity contribution is -0.130. The maximum Gasteiger partial charge on any atom is 0.451 e. The van der Waals surface area contributed by atoms with Crippen LogP contribution in [-0.4, -0.2) is 17.5 Å². The molecule has 0 atom stereocenters. The molecule has 9 heteroatoms. The maximum absolute atomic E-state index is 12.5. The van der Waals surface area contributed by atoms with E-state index in [1.165, 1.54) is 12.1 Å². The predicted molar refractivity (Wildman–Crippen MR) is 53.7 cm³/mol. The van der Waals surface area contributed by atoms with Gasteiger partial charge in [0.15, 0.2) is 16.5 Å². The van der Waals surface area contributed by atoms with Gasteiger partial charge in [-0.05, 0) is 12.1 Å². The molecule has 0 spiro atoms. The molecule has 0 saturated carbocycles. The van der Waals surface area contributed by atoms with Crippen LogP contribution in [-0.2, 0) is 0 Å². The third-order valence-electron chi connectivity index (χ3n) is 1.78. The van der Waals surface area contributed by atoms with Crippen molar-refractivity contribution in [2.24, 2.45) is 0 Å². The monoisotopic (exact) mass is 306 g/mol. The topological polar surface area (TPSA) is 29.5 Å². The van der Waals surface area contributed by atoms with Crippen LogP contribution in [0.4, 0.5) is 26.3 Å². The van der Waals surface area contributed by atoms with Gasteiger partial charge in [0, 0.05) is 0 Å². The summed E-state index contributed by atoms with van der Waals surface area (Å²) in [4.78, 5) is 0. The molecule has 1 aromatic carbocycles. The van der Waals surface area contributed by atoms with Gasteiger partial charge in [-0.15, -0.1) is 0 Å². The minimum Gasteiger partial charge on any atom is -0.504 e. The molecule has 0 amide bonds. The van der Waals surface area contributed by atoms with E-state index in [0.717, 1.165) is 12.1 Å². The molecule has 1 rings (SSSR count). The molecule has 0 radical (unpaired) electrons. The van der Waals surface area contributed by atoms with E-state index < -0.39 is 34.6 Å². The van der Waals surface area contributed by atoms with Crippen molar-refractivity contribution in [1.29, 1.82) is 0 Å². The molecule has 0 fully saturated rings. The molecule has 19 heavy (non-hydrogen) atoms. The lowest BCUT2D eigenvalue weighted by Crippen LogP contribution is -2.23. The van der Waals surface area contributed by atoms with E-state index in [0.29, 0.717) is 0 Å². The number of halogens is 7. The van der Waals surface area contributed by atoms with Crippen LogP contribution in [0, 0.1) is 0 Å². The van der Waals surface area contributed by atoms with Crippen molar-refractivity contribution in [3.05, 3.63) is 35.1 Å². The normalized spacial score (nSPS) is 14.1. The average Bonchev–Trinajstić information content (AvgIpc) is 2.24. The van der Waals surface area contributed by atoms with Crippen LogP contribution >= 0.6 is 11.6 Å². The minimum absolute atomic E-state index is 0.754. The number of benzene rings is 1. The van der Waals surface area contributed by atoms with Crippen molar-refractivity contribution in [3.63, 3.8) is 0 Å². The molecular weight excluding hydrogens is 302 g/mol. The Balaban J connectivity index is 3.27. The van der Waals surface area contributed by atoms with E-state index in [4.69, 9.17) is 0 Å². The van der Waals surface area contributed by atoms with E-state index in [2.05, 4.69) is 16.3 Å². The van der Waals surface area contributed by atoms with Gasteiger partial charge in [-0.25, -0.2) is 0 Å². The van der Waals surface area contributed by atoms with E-state index in [1.54, 1.807) is 0 Å². The Morgan fingerprint density at radius 2 is 1.53 bits per heavy atom. The number of phenols is 1. The standard InChI is InChI=1S/C10H5ClF6O2/c11-7(9(12,13)14)8(10(15,16)17)19-6-4-2-1-3-5(6)18/h1-4,18H. The van der Waals surface area contributed by atoms with Gasteiger partial charge in [0.05, 0.1) is 0 Å².